The van der Waals surface area contributed by atoms with Crippen molar-refractivity contribution >= 4 is 39.5 Å². The van der Waals surface area contributed by atoms with Crippen LogP contribution in [0.25, 0.3) is 10.9 Å². The number of pyridine rings is 1. The Bertz CT molecular complexity index is 1160. The Morgan fingerprint density at radius 3 is 3.11 bits per heavy atom. The van der Waals surface area contributed by atoms with Crippen LogP contribution < -0.4 is 10.6 Å². The molecule has 0 saturated carbocycles. The standard InChI is InChI=1S/C19H16N6OS/c1-10-23-18(9-27-10)19(26)24-15-4-11(5-16-14(15)7-22-25-16)13-6-21-17-8-20-3-2-12(13)17/h2-5,7-9,13,21H,6H2,1H3,(H,22,25)(H,24,26). The molecule has 0 fully saturated rings. The lowest BCUT2D eigenvalue weighted by molar-refractivity contribution is 0.102. The number of aromatic amines is 1. The van der Waals surface area contributed by atoms with Gasteiger partial charge in [0.2, 0.25) is 0 Å². The van der Waals surface area contributed by atoms with Crippen LogP contribution in [0.4, 0.5) is 11.4 Å². The molecule has 1 aliphatic heterocycles. The Hall–Kier alpha value is -3.26. The molecule has 1 amide bonds. The van der Waals surface area contributed by atoms with Crippen molar-refractivity contribution in [2.24, 2.45) is 0 Å². The average molecular weight is 376 g/mol. The van der Waals surface area contributed by atoms with Gasteiger partial charge in [-0.1, -0.05) is 0 Å². The van der Waals surface area contributed by atoms with Gasteiger partial charge in [-0.05, 0) is 36.2 Å². The summed E-state index contributed by atoms with van der Waals surface area (Å²) in [5.41, 5.74) is 5.41. The Balaban J connectivity index is 1.55. The predicted molar refractivity (Wildman–Crippen MR) is 105 cm³/mol. The number of amides is 1. The summed E-state index contributed by atoms with van der Waals surface area (Å²) in [4.78, 5) is 21.1. The van der Waals surface area contributed by atoms with Crippen LogP contribution in [0.5, 0.6) is 0 Å². The quantitative estimate of drug-likeness (QED) is 0.508. The van der Waals surface area contributed by atoms with Crippen LogP contribution in [0.1, 0.15) is 32.5 Å². The third-order valence-electron chi connectivity index (χ3n) is 4.81. The molecule has 134 valence electrons. The van der Waals surface area contributed by atoms with E-state index in [9.17, 15) is 4.79 Å². The van der Waals surface area contributed by atoms with Gasteiger partial charge in [0.25, 0.3) is 5.91 Å². The second-order valence-corrected chi connectivity index (χ2v) is 7.56. The molecule has 0 aliphatic carbocycles. The molecule has 27 heavy (non-hydrogen) atoms. The van der Waals surface area contributed by atoms with E-state index in [0.29, 0.717) is 5.69 Å². The average Bonchev–Trinajstić information content (AvgIpc) is 3.40. The normalized spacial score (nSPS) is 15.5. The summed E-state index contributed by atoms with van der Waals surface area (Å²) in [6.45, 7) is 2.68. The molecule has 0 saturated heterocycles. The number of H-pyrrole nitrogens is 1. The molecule has 4 aromatic rings. The fraction of sp³-hybridized carbons (Fsp3) is 0.158. The fourth-order valence-electron chi connectivity index (χ4n) is 3.51. The summed E-state index contributed by atoms with van der Waals surface area (Å²) in [6, 6.07) is 6.15. The summed E-state index contributed by atoms with van der Waals surface area (Å²) in [5.74, 6) is -0.0268. The third-order valence-corrected chi connectivity index (χ3v) is 5.58. The first-order valence-corrected chi connectivity index (χ1v) is 9.45. The minimum atomic E-state index is -0.215. The van der Waals surface area contributed by atoms with Crippen molar-refractivity contribution < 1.29 is 4.79 Å². The van der Waals surface area contributed by atoms with Gasteiger partial charge in [-0.25, -0.2) is 4.98 Å². The number of rotatable bonds is 3. The van der Waals surface area contributed by atoms with Crippen molar-refractivity contribution in [3.63, 3.8) is 0 Å². The first-order valence-electron chi connectivity index (χ1n) is 8.57. The number of aryl methyl sites for hydroxylation is 1. The monoisotopic (exact) mass is 376 g/mol. The lowest BCUT2D eigenvalue weighted by atomic mass is 9.92. The van der Waals surface area contributed by atoms with E-state index in [4.69, 9.17) is 0 Å². The van der Waals surface area contributed by atoms with Crippen molar-refractivity contribution in [1.82, 2.24) is 20.2 Å². The van der Waals surface area contributed by atoms with Crippen LogP contribution in [0.15, 0.2) is 42.2 Å². The molecule has 1 aromatic carbocycles. The number of anilines is 2. The minimum Gasteiger partial charge on any atom is -0.383 e. The van der Waals surface area contributed by atoms with Gasteiger partial charge in [0.1, 0.15) is 5.69 Å². The number of carbonyl (C=O) groups is 1. The Kier molecular flexibility index (Phi) is 3.64. The van der Waals surface area contributed by atoms with E-state index in [1.807, 2.05) is 25.3 Å². The maximum atomic E-state index is 12.6. The molecule has 4 heterocycles. The first-order chi connectivity index (χ1) is 13.2. The van der Waals surface area contributed by atoms with Gasteiger partial charge in [0.15, 0.2) is 0 Å². The van der Waals surface area contributed by atoms with E-state index in [1.54, 1.807) is 17.8 Å². The molecule has 8 heteroatoms. The molecular formula is C19H16N6OS. The Labute approximate surface area is 158 Å². The second-order valence-electron chi connectivity index (χ2n) is 6.50. The highest BCUT2D eigenvalue weighted by molar-refractivity contribution is 7.09. The van der Waals surface area contributed by atoms with Crippen molar-refractivity contribution in [3.05, 3.63) is 64.0 Å². The summed E-state index contributed by atoms with van der Waals surface area (Å²) in [7, 11) is 0. The number of thiazole rings is 1. The van der Waals surface area contributed by atoms with Crippen LogP contribution in [0.3, 0.4) is 0 Å². The largest absolute Gasteiger partial charge is 0.383 e. The van der Waals surface area contributed by atoms with E-state index < -0.39 is 0 Å². The molecule has 3 aromatic heterocycles. The smallest absolute Gasteiger partial charge is 0.275 e. The number of fused-ring (bicyclic) bond motifs is 2. The summed E-state index contributed by atoms with van der Waals surface area (Å²) in [6.07, 6.45) is 5.38. The molecule has 7 nitrogen and oxygen atoms in total. The van der Waals surface area contributed by atoms with Gasteiger partial charge >= 0.3 is 0 Å². The number of benzene rings is 1. The van der Waals surface area contributed by atoms with Crippen LogP contribution >= 0.6 is 11.3 Å². The summed E-state index contributed by atoms with van der Waals surface area (Å²) >= 11 is 1.46. The van der Waals surface area contributed by atoms with Gasteiger partial charge in [0.05, 0.1) is 34.3 Å². The number of aromatic nitrogens is 4. The number of hydrogen-bond acceptors (Lipinski definition) is 6. The SMILES string of the molecule is Cc1nc(C(=O)Nc2cc(C3CNc4cnccc43)cc3[nH]ncc23)cs1. The maximum absolute atomic E-state index is 12.6. The van der Waals surface area contributed by atoms with Gasteiger partial charge in [-0.3, -0.25) is 14.9 Å². The maximum Gasteiger partial charge on any atom is 0.275 e. The molecule has 3 N–H and O–H groups in total. The highest BCUT2D eigenvalue weighted by Gasteiger charge is 2.25. The molecule has 0 spiro atoms. The zero-order valence-electron chi connectivity index (χ0n) is 14.5. The molecule has 1 atom stereocenters. The highest BCUT2D eigenvalue weighted by Crippen LogP contribution is 2.38. The Morgan fingerprint density at radius 1 is 1.33 bits per heavy atom. The van der Waals surface area contributed by atoms with Crippen LogP contribution in [0, 0.1) is 6.92 Å². The zero-order chi connectivity index (χ0) is 18.4. The molecule has 1 aliphatic rings. The number of nitrogens with zero attached hydrogens (tertiary/aromatic N) is 3. The van der Waals surface area contributed by atoms with Crippen LogP contribution in [-0.4, -0.2) is 32.6 Å². The van der Waals surface area contributed by atoms with E-state index in [-0.39, 0.29) is 11.8 Å². The molecule has 0 bridgehead atoms. The Morgan fingerprint density at radius 2 is 2.26 bits per heavy atom. The van der Waals surface area contributed by atoms with E-state index >= 15 is 0 Å². The third kappa shape index (κ3) is 2.74. The number of hydrogen-bond donors (Lipinski definition) is 3. The summed E-state index contributed by atoms with van der Waals surface area (Å²) in [5, 5.41) is 17.1. The fourth-order valence-corrected chi connectivity index (χ4v) is 4.10. The molecule has 5 rings (SSSR count). The van der Waals surface area contributed by atoms with Gasteiger partial charge in [-0.2, -0.15) is 5.10 Å². The summed E-state index contributed by atoms with van der Waals surface area (Å²) < 4.78 is 0. The number of carbonyl (C=O) groups excluding carboxylic acids is 1. The van der Waals surface area contributed by atoms with Crippen LogP contribution in [0.2, 0.25) is 0 Å². The van der Waals surface area contributed by atoms with Crippen molar-refractivity contribution in [2.45, 2.75) is 12.8 Å². The van der Waals surface area contributed by atoms with Gasteiger partial charge < -0.3 is 10.6 Å². The zero-order valence-corrected chi connectivity index (χ0v) is 15.3. The molecular weight excluding hydrogens is 360 g/mol. The molecule has 0 radical (unpaired) electrons. The lowest BCUT2D eigenvalue weighted by Gasteiger charge is -2.14. The van der Waals surface area contributed by atoms with Gasteiger partial charge in [-0.15, -0.1) is 11.3 Å². The second kappa shape index (κ2) is 6.17. The topological polar surface area (TPSA) is 95.6 Å². The van der Waals surface area contributed by atoms with E-state index in [0.717, 1.165) is 39.4 Å². The van der Waals surface area contributed by atoms with Crippen molar-refractivity contribution in [2.75, 3.05) is 17.2 Å². The first kappa shape index (κ1) is 16.0. The van der Waals surface area contributed by atoms with Crippen molar-refractivity contribution in [1.29, 1.82) is 0 Å². The lowest BCUT2D eigenvalue weighted by Crippen LogP contribution is -2.13. The van der Waals surface area contributed by atoms with E-state index in [1.165, 1.54) is 16.9 Å². The van der Waals surface area contributed by atoms with Crippen LogP contribution in [-0.2, 0) is 0 Å². The highest BCUT2D eigenvalue weighted by atomic mass is 32.1. The minimum absolute atomic E-state index is 0.188. The van der Waals surface area contributed by atoms with E-state index in [2.05, 4.69) is 36.9 Å². The molecule has 1 unspecified atom stereocenters. The predicted octanol–water partition coefficient (Wildman–Crippen LogP) is 3.53. The van der Waals surface area contributed by atoms with Crippen molar-refractivity contribution in [3.8, 4) is 0 Å². The number of nitrogens with one attached hydrogen (secondary N) is 3. The van der Waals surface area contributed by atoms with Gasteiger partial charge in [0, 0.05) is 29.4 Å².